The van der Waals surface area contributed by atoms with E-state index >= 15 is 0 Å². The molecule has 4 rings (SSSR count). The van der Waals surface area contributed by atoms with Gasteiger partial charge in [0.2, 0.25) is 11.8 Å². The Balaban J connectivity index is 1.67. The van der Waals surface area contributed by atoms with Gasteiger partial charge in [-0.3, -0.25) is 13.9 Å². The Morgan fingerprint density at radius 1 is 0.881 bits per heavy atom. The van der Waals surface area contributed by atoms with E-state index in [2.05, 4.69) is 5.32 Å². The Labute approximate surface area is 251 Å². The molecule has 0 radical (unpaired) electrons. The van der Waals surface area contributed by atoms with E-state index in [9.17, 15) is 18.0 Å². The molecule has 1 saturated carbocycles. The van der Waals surface area contributed by atoms with Gasteiger partial charge in [0.1, 0.15) is 12.6 Å². The highest BCUT2D eigenvalue weighted by molar-refractivity contribution is 7.92. The van der Waals surface area contributed by atoms with Crippen molar-refractivity contribution in [2.45, 2.75) is 82.7 Å². The third kappa shape index (κ3) is 7.79. The molecule has 8 heteroatoms. The van der Waals surface area contributed by atoms with Crippen molar-refractivity contribution in [2.24, 2.45) is 0 Å². The van der Waals surface area contributed by atoms with E-state index in [1.165, 1.54) is 10.7 Å². The molecule has 0 heterocycles. The number of nitrogens with zero attached hydrogens (tertiary/aromatic N) is 2. The molecule has 7 nitrogen and oxygen atoms in total. The first-order chi connectivity index (χ1) is 20.2. The Bertz CT molecular complexity index is 1440. The van der Waals surface area contributed by atoms with Crippen LogP contribution >= 0.6 is 0 Å². The van der Waals surface area contributed by atoms with E-state index in [0.29, 0.717) is 25.1 Å². The maximum atomic E-state index is 14.2. The molecule has 2 amide bonds. The first kappa shape index (κ1) is 31.3. The van der Waals surface area contributed by atoms with Crippen LogP contribution in [-0.4, -0.2) is 50.3 Å². The molecule has 1 N–H and O–H groups in total. The molecule has 3 aromatic rings. The minimum atomic E-state index is -4.08. The summed E-state index contributed by atoms with van der Waals surface area (Å²) < 4.78 is 29.3. The van der Waals surface area contributed by atoms with Gasteiger partial charge in [0.15, 0.2) is 0 Å². The maximum absolute atomic E-state index is 14.2. The van der Waals surface area contributed by atoms with E-state index in [-0.39, 0.29) is 16.8 Å². The summed E-state index contributed by atoms with van der Waals surface area (Å²) in [7, 11) is -4.08. The van der Waals surface area contributed by atoms with Gasteiger partial charge in [-0.25, -0.2) is 8.42 Å². The molecular formula is C34H43N3O4S. The van der Waals surface area contributed by atoms with Crippen molar-refractivity contribution < 1.29 is 18.0 Å². The van der Waals surface area contributed by atoms with Crippen molar-refractivity contribution >= 4 is 27.5 Å². The van der Waals surface area contributed by atoms with Crippen LogP contribution in [0.1, 0.15) is 62.1 Å². The zero-order chi connectivity index (χ0) is 30.1. The van der Waals surface area contributed by atoms with Crippen molar-refractivity contribution in [1.82, 2.24) is 10.2 Å². The average molecular weight is 590 g/mol. The second-order valence-electron chi connectivity index (χ2n) is 11.2. The Kier molecular flexibility index (Phi) is 10.8. The monoisotopic (exact) mass is 589 g/mol. The number of rotatable bonds is 12. The number of aryl methyl sites for hydroxylation is 2. The normalized spacial score (nSPS) is 14.6. The molecule has 0 spiro atoms. The Morgan fingerprint density at radius 3 is 2.17 bits per heavy atom. The van der Waals surface area contributed by atoms with Crippen molar-refractivity contribution in [3.05, 3.63) is 95.6 Å². The standard InChI is InChI=1S/C34H43N3O4S/c1-4-31(34(39)35-29-16-9-6-10-17-29)36(24-23-28-14-7-5-8-15-28)33(38)25-37(32-18-12-11-13-27(32)3)42(40,41)30-21-19-26(2)20-22-30/h5,7-8,11-15,18-22,29,31H,4,6,9-10,16-17,23-25H2,1-3H3,(H,35,39)/t31-/m1/s1. The Morgan fingerprint density at radius 2 is 1.52 bits per heavy atom. The molecule has 1 fully saturated rings. The lowest BCUT2D eigenvalue weighted by atomic mass is 9.95. The topological polar surface area (TPSA) is 86.8 Å². The maximum Gasteiger partial charge on any atom is 0.264 e. The number of nitrogens with one attached hydrogen (secondary N) is 1. The highest BCUT2D eigenvalue weighted by Crippen LogP contribution is 2.27. The van der Waals surface area contributed by atoms with Gasteiger partial charge in [-0.1, -0.05) is 92.4 Å². The molecule has 3 aromatic carbocycles. The minimum Gasteiger partial charge on any atom is -0.352 e. The van der Waals surface area contributed by atoms with Gasteiger partial charge < -0.3 is 10.2 Å². The quantitative estimate of drug-likeness (QED) is 0.289. The number of carbonyl (C=O) groups is 2. The van der Waals surface area contributed by atoms with Crippen LogP contribution in [0, 0.1) is 13.8 Å². The molecular weight excluding hydrogens is 546 g/mol. The third-order valence-corrected chi connectivity index (χ3v) is 9.87. The number of anilines is 1. The number of para-hydroxylation sites is 1. The molecule has 42 heavy (non-hydrogen) atoms. The van der Waals surface area contributed by atoms with Crippen LogP contribution in [-0.2, 0) is 26.0 Å². The number of sulfonamides is 1. The fraction of sp³-hybridized carbons (Fsp3) is 0.412. The number of benzene rings is 3. The summed E-state index contributed by atoms with van der Waals surface area (Å²) in [5, 5.41) is 3.19. The van der Waals surface area contributed by atoms with Crippen LogP contribution in [0.25, 0.3) is 0 Å². The lowest BCUT2D eigenvalue weighted by molar-refractivity contribution is -0.140. The van der Waals surface area contributed by atoms with E-state index in [1.54, 1.807) is 41.3 Å². The van der Waals surface area contributed by atoms with E-state index in [1.807, 2.05) is 63.2 Å². The Hall–Kier alpha value is -3.65. The molecule has 1 aliphatic carbocycles. The molecule has 0 unspecified atom stereocenters. The molecule has 224 valence electrons. The van der Waals surface area contributed by atoms with Crippen LogP contribution in [0.15, 0.2) is 83.8 Å². The van der Waals surface area contributed by atoms with Crippen LogP contribution in [0.5, 0.6) is 0 Å². The van der Waals surface area contributed by atoms with Crippen LogP contribution in [0.3, 0.4) is 0 Å². The van der Waals surface area contributed by atoms with Gasteiger partial charge in [-0.05, 0) is 68.9 Å². The van der Waals surface area contributed by atoms with Gasteiger partial charge in [0.25, 0.3) is 10.0 Å². The van der Waals surface area contributed by atoms with Crippen LogP contribution in [0.2, 0.25) is 0 Å². The second kappa shape index (κ2) is 14.5. The first-order valence-corrected chi connectivity index (χ1v) is 16.4. The zero-order valence-corrected chi connectivity index (χ0v) is 25.8. The molecule has 0 bridgehead atoms. The van der Waals surface area contributed by atoms with Gasteiger partial charge in [0, 0.05) is 12.6 Å². The average Bonchev–Trinajstić information content (AvgIpc) is 2.99. The fourth-order valence-electron chi connectivity index (χ4n) is 5.63. The first-order valence-electron chi connectivity index (χ1n) is 15.0. The third-order valence-electron chi connectivity index (χ3n) is 8.09. The predicted octanol–water partition coefficient (Wildman–Crippen LogP) is 5.80. The fourth-order valence-corrected chi connectivity index (χ4v) is 7.11. The van der Waals surface area contributed by atoms with Crippen molar-refractivity contribution in [3.8, 4) is 0 Å². The van der Waals surface area contributed by atoms with E-state index in [0.717, 1.165) is 42.4 Å². The largest absolute Gasteiger partial charge is 0.352 e. The smallest absolute Gasteiger partial charge is 0.264 e. The molecule has 0 aliphatic heterocycles. The number of hydrogen-bond donors (Lipinski definition) is 1. The summed E-state index contributed by atoms with van der Waals surface area (Å²) in [4.78, 5) is 29.5. The van der Waals surface area contributed by atoms with Crippen LogP contribution in [0.4, 0.5) is 5.69 Å². The lowest BCUT2D eigenvalue weighted by Crippen LogP contribution is -2.54. The second-order valence-corrected chi connectivity index (χ2v) is 13.1. The molecule has 1 atom stereocenters. The summed E-state index contributed by atoms with van der Waals surface area (Å²) in [5.74, 6) is -0.579. The van der Waals surface area contributed by atoms with Crippen LogP contribution < -0.4 is 9.62 Å². The summed E-state index contributed by atoms with van der Waals surface area (Å²) in [6.45, 7) is 5.51. The van der Waals surface area contributed by atoms with Gasteiger partial charge in [0.05, 0.1) is 10.6 Å². The molecule has 1 aliphatic rings. The summed E-state index contributed by atoms with van der Waals surface area (Å²) >= 11 is 0. The molecule has 0 aromatic heterocycles. The van der Waals surface area contributed by atoms with Crippen molar-refractivity contribution in [3.63, 3.8) is 0 Å². The number of hydrogen-bond acceptors (Lipinski definition) is 4. The molecule has 0 saturated heterocycles. The highest BCUT2D eigenvalue weighted by Gasteiger charge is 2.34. The van der Waals surface area contributed by atoms with Crippen molar-refractivity contribution in [2.75, 3.05) is 17.4 Å². The lowest BCUT2D eigenvalue weighted by Gasteiger charge is -2.34. The van der Waals surface area contributed by atoms with Gasteiger partial charge in [-0.2, -0.15) is 0 Å². The summed E-state index contributed by atoms with van der Waals surface area (Å²) in [6, 6.07) is 23.0. The number of carbonyl (C=O) groups excluding carboxylic acids is 2. The zero-order valence-electron chi connectivity index (χ0n) is 25.0. The summed E-state index contributed by atoms with van der Waals surface area (Å²) in [6.07, 6.45) is 6.20. The highest BCUT2D eigenvalue weighted by atomic mass is 32.2. The number of amides is 2. The van der Waals surface area contributed by atoms with E-state index in [4.69, 9.17) is 0 Å². The SMILES string of the molecule is CC[C@H](C(=O)NC1CCCCC1)N(CCc1ccccc1)C(=O)CN(c1ccccc1C)S(=O)(=O)c1ccc(C)cc1. The van der Waals surface area contributed by atoms with Gasteiger partial charge in [-0.15, -0.1) is 0 Å². The minimum absolute atomic E-state index is 0.108. The predicted molar refractivity (Wildman–Crippen MR) is 168 cm³/mol. The van der Waals surface area contributed by atoms with Crippen molar-refractivity contribution in [1.29, 1.82) is 0 Å². The van der Waals surface area contributed by atoms with Gasteiger partial charge >= 0.3 is 0 Å². The van der Waals surface area contributed by atoms with E-state index < -0.39 is 28.5 Å². The summed E-state index contributed by atoms with van der Waals surface area (Å²) in [5.41, 5.74) is 3.16.